The van der Waals surface area contributed by atoms with Crippen LogP contribution in [-0.4, -0.2) is 25.6 Å². The van der Waals surface area contributed by atoms with E-state index in [1.54, 1.807) is 0 Å². The van der Waals surface area contributed by atoms with Gasteiger partial charge in [-0.15, -0.1) is 12.4 Å². The van der Waals surface area contributed by atoms with Gasteiger partial charge in [0.1, 0.15) is 5.75 Å². The maximum absolute atomic E-state index is 11.8. The van der Waals surface area contributed by atoms with Gasteiger partial charge in [0, 0.05) is 13.0 Å². The van der Waals surface area contributed by atoms with E-state index < -0.39 is 0 Å². The summed E-state index contributed by atoms with van der Waals surface area (Å²) in [5.74, 6) is 1.66. The lowest BCUT2D eigenvalue weighted by atomic mass is 10.0. The molecule has 4 nitrogen and oxygen atoms in total. The number of amides is 1. The Kier molecular flexibility index (Phi) is 8.16. The molecule has 1 aliphatic rings. The van der Waals surface area contributed by atoms with Crippen LogP contribution in [0.3, 0.4) is 0 Å². The Bertz CT molecular complexity index is 434. The van der Waals surface area contributed by atoms with Crippen LogP contribution in [0, 0.1) is 5.92 Å². The van der Waals surface area contributed by atoms with Gasteiger partial charge in [-0.3, -0.25) is 4.79 Å². The summed E-state index contributed by atoms with van der Waals surface area (Å²) >= 11 is 0. The number of nitrogens with one attached hydrogen (secondary N) is 2. The molecule has 0 bridgehead atoms. The fourth-order valence-electron chi connectivity index (χ4n) is 2.50. The van der Waals surface area contributed by atoms with Crippen molar-refractivity contribution in [1.82, 2.24) is 10.6 Å². The van der Waals surface area contributed by atoms with E-state index in [0.717, 1.165) is 30.8 Å². The SMILES string of the molecule is CCOc1cccc(CNC(=O)CCC2CCNC2)c1.Cl. The van der Waals surface area contributed by atoms with Gasteiger partial charge in [0.15, 0.2) is 0 Å². The first kappa shape index (κ1) is 17.8. The lowest BCUT2D eigenvalue weighted by Crippen LogP contribution is -2.23. The number of benzene rings is 1. The highest BCUT2D eigenvalue weighted by atomic mass is 35.5. The van der Waals surface area contributed by atoms with Gasteiger partial charge in [0.25, 0.3) is 0 Å². The van der Waals surface area contributed by atoms with Crippen molar-refractivity contribution >= 4 is 18.3 Å². The summed E-state index contributed by atoms with van der Waals surface area (Å²) in [6.07, 6.45) is 2.80. The molecular formula is C16H25ClN2O2. The summed E-state index contributed by atoms with van der Waals surface area (Å²) in [7, 11) is 0. The van der Waals surface area contributed by atoms with Crippen molar-refractivity contribution in [3.8, 4) is 5.75 Å². The largest absolute Gasteiger partial charge is 0.494 e. The number of carbonyl (C=O) groups is 1. The lowest BCUT2D eigenvalue weighted by Gasteiger charge is -2.09. The normalized spacial score (nSPS) is 17.1. The Morgan fingerprint density at radius 2 is 2.33 bits per heavy atom. The predicted molar refractivity (Wildman–Crippen MR) is 86.9 cm³/mol. The first-order valence-corrected chi connectivity index (χ1v) is 7.47. The van der Waals surface area contributed by atoms with Crippen LogP contribution in [0.25, 0.3) is 0 Å². The minimum absolute atomic E-state index is 0. The summed E-state index contributed by atoms with van der Waals surface area (Å²) in [6.45, 7) is 5.35. The molecule has 2 N–H and O–H groups in total. The van der Waals surface area contributed by atoms with Crippen LogP contribution in [0.15, 0.2) is 24.3 Å². The Hall–Kier alpha value is -1.26. The van der Waals surface area contributed by atoms with E-state index in [9.17, 15) is 4.79 Å². The van der Waals surface area contributed by atoms with Crippen LogP contribution in [-0.2, 0) is 11.3 Å². The molecule has 1 atom stereocenters. The summed E-state index contributed by atoms with van der Waals surface area (Å²) in [6, 6.07) is 7.87. The predicted octanol–water partition coefficient (Wildman–Crippen LogP) is 2.51. The van der Waals surface area contributed by atoms with Gasteiger partial charge < -0.3 is 15.4 Å². The van der Waals surface area contributed by atoms with E-state index in [0.29, 0.717) is 25.5 Å². The molecule has 21 heavy (non-hydrogen) atoms. The third-order valence-corrected chi connectivity index (χ3v) is 3.64. The molecule has 1 heterocycles. The fraction of sp³-hybridized carbons (Fsp3) is 0.562. The Morgan fingerprint density at radius 3 is 3.05 bits per heavy atom. The summed E-state index contributed by atoms with van der Waals surface area (Å²) in [4.78, 5) is 11.8. The summed E-state index contributed by atoms with van der Waals surface area (Å²) in [5.41, 5.74) is 1.08. The zero-order valence-corrected chi connectivity index (χ0v) is 13.4. The first-order valence-electron chi connectivity index (χ1n) is 7.47. The van der Waals surface area contributed by atoms with E-state index >= 15 is 0 Å². The van der Waals surface area contributed by atoms with Gasteiger partial charge in [-0.1, -0.05) is 12.1 Å². The van der Waals surface area contributed by atoms with Gasteiger partial charge in [0.2, 0.25) is 5.91 Å². The van der Waals surface area contributed by atoms with Gasteiger partial charge in [-0.2, -0.15) is 0 Å². The molecular weight excluding hydrogens is 288 g/mol. The minimum atomic E-state index is 0. The van der Waals surface area contributed by atoms with E-state index in [1.807, 2.05) is 31.2 Å². The van der Waals surface area contributed by atoms with Gasteiger partial charge in [-0.25, -0.2) is 0 Å². The van der Waals surface area contributed by atoms with E-state index in [-0.39, 0.29) is 18.3 Å². The second-order valence-corrected chi connectivity index (χ2v) is 5.25. The monoisotopic (exact) mass is 312 g/mol. The van der Waals surface area contributed by atoms with Gasteiger partial charge >= 0.3 is 0 Å². The second kappa shape index (κ2) is 9.64. The maximum atomic E-state index is 11.8. The number of rotatable bonds is 7. The number of hydrogen-bond donors (Lipinski definition) is 2. The van der Waals surface area contributed by atoms with Crippen molar-refractivity contribution in [3.05, 3.63) is 29.8 Å². The highest BCUT2D eigenvalue weighted by Crippen LogP contribution is 2.15. The van der Waals surface area contributed by atoms with Gasteiger partial charge in [0.05, 0.1) is 6.61 Å². The molecule has 1 saturated heterocycles. The van der Waals surface area contributed by atoms with Crippen molar-refractivity contribution in [2.24, 2.45) is 5.92 Å². The molecule has 1 aromatic rings. The minimum Gasteiger partial charge on any atom is -0.494 e. The van der Waals surface area contributed by atoms with E-state index in [1.165, 1.54) is 6.42 Å². The van der Waals surface area contributed by atoms with E-state index in [4.69, 9.17) is 4.74 Å². The van der Waals surface area contributed by atoms with Gasteiger partial charge in [-0.05, 0) is 56.5 Å². The molecule has 1 fully saturated rings. The fourth-order valence-corrected chi connectivity index (χ4v) is 2.50. The Morgan fingerprint density at radius 1 is 1.48 bits per heavy atom. The molecule has 1 aromatic carbocycles. The van der Waals surface area contributed by atoms with Crippen molar-refractivity contribution in [2.75, 3.05) is 19.7 Å². The highest BCUT2D eigenvalue weighted by molar-refractivity contribution is 5.85. The number of ether oxygens (including phenoxy) is 1. The number of hydrogen-bond acceptors (Lipinski definition) is 3. The molecule has 1 amide bonds. The summed E-state index contributed by atoms with van der Waals surface area (Å²) < 4.78 is 5.45. The summed E-state index contributed by atoms with van der Waals surface area (Å²) in [5, 5.41) is 6.30. The quantitative estimate of drug-likeness (QED) is 0.813. The topological polar surface area (TPSA) is 50.4 Å². The average Bonchev–Trinajstić information content (AvgIpc) is 2.97. The van der Waals surface area contributed by atoms with E-state index in [2.05, 4.69) is 10.6 Å². The average molecular weight is 313 g/mol. The van der Waals surface area contributed by atoms with Crippen molar-refractivity contribution in [3.63, 3.8) is 0 Å². The molecule has 0 spiro atoms. The van der Waals surface area contributed by atoms with Crippen molar-refractivity contribution < 1.29 is 9.53 Å². The molecule has 0 aliphatic carbocycles. The Balaban J connectivity index is 0.00000220. The smallest absolute Gasteiger partial charge is 0.220 e. The van der Waals surface area contributed by atoms with Crippen LogP contribution in [0.4, 0.5) is 0 Å². The zero-order valence-electron chi connectivity index (χ0n) is 12.6. The molecule has 1 unspecified atom stereocenters. The van der Waals surface area contributed by atoms with Crippen LogP contribution in [0.2, 0.25) is 0 Å². The molecule has 0 saturated carbocycles. The maximum Gasteiger partial charge on any atom is 0.220 e. The van der Waals surface area contributed by atoms with Crippen molar-refractivity contribution in [1.29, 1.82) is 0 Å². The zero-order chi connectivity index (χ0) is 14.2. The van der Waals surface area contributed by atoms with Crippen LogP contribution in [0.1, 0.15) is 31.7 Å². The standard InChI is InChI=1S/C16H24N2O2.ClH/c1-2-20-15-5-3-4-14(10-15)12-18-16(19)7-6-13-8-9-17-11-13;/h3-5,10,13,17H,2,6-9,11-12H2,1H3,(H,18,19);1H. The molecule has 5 heteroatoms. The Labute approximate surface area is 133 Å². The number of halogens is 1. The van der Waals surface area contributed by atoms with Crippen LogP contribution >= 0.6 is 12.4 Å². The molecule has 2 rings (SSSR count). The first-order chi connectivity index (χ1) is 9.78. The highest BCUT2D eigenvalue weighted by Gasteiger charge is 2.15. The van der Waals surface area contributed by atoms with Crippen molar-refractivity contribution in [2.45, 2.75) is 32.7 Å². The lowest BCUT2D eigenvalue weighted by molar-refractivity contribution is -0.121. The molecule has 0 aromatic heterocycles. The number of carbonyl (C=O) groups excluding carboxylic acids is 1. The molecule has 1 aliphatic heterocycles. The van der Waals surface area contributed by atoms with Crippen LogP contribution < -0.4 is 15.4 Å². The molecule has 118 valence electrons. The third-order valence-electron chi connectivity index (χ3n) is 3.64. The van der Waals surface area contributed by atoms with Crippen LogP contribution in [0.5, 0.6) is 5.75 Å². The molecule has 0 radical (unpaired) electrons. The second-order valence-electron chi connectivity index (χ2n) is 5.25. The third kappa shape index (κ3) is 6.36.